The molecule has 2 aromatic carbocycles. The van der Waals surface area contributed by atoms with Crippen LogP contribution in [0.25, 0.3) is 0 Å². The first kappa shape index (κ1) is 17.2. The largest absolute Gasteiger partial charge is 0.488 e. The first-order valence-electron chi connectivity index (χ1n) is 7.96. The van der Waals surface area contributed by atoms with Crippen LogP contribution in [0.15, 0.2) is 48.5 Å². The zero-order valence-corrected chi connectivity index (χ0v) is 16.1. The van der Waals surface area contributed by atoms with E-state index in [1.54, 1.807) is 0 Å². The van der Waals surface area contributed by atoms with Crippen LogP contribution in [0.5, 0.6) is 5.75 Å². The molecule has 0 unspecified atom stereocenters. The number of halogens is 1. The van der Waals surface area contributed by atoms with Crippen LogP contribution in [-0.4, -0.2) is 48.9 Å². The van der Waals surface area contributed by atoms with Gasteiger partial charge < -0.3 is 14.5 Å². The zero-order valence-electron chi connectivity index (χ0n) is 13.9. The van der Waals surface area contributed by atoms with Crippen LogP contribution in [0.4, 0.5) is 0 Å². The summed E-state index contributed by atoms with van der Waals surface area (Å²) < 4.78 is 7.01. The van der Waals surface area contributed by atoms with Gasteiger partial charge in [0.1, 0.15) is 12.4 Å². The standard InChI is InChI=1S/C19H21IN2O2/c1-21(2)16-11-22(12-16)19(23)17-9-8-15(20)10-18(17)24-13-14-6-4-3-5-7-14/h3-10,16H,11-13H2,1-2H3. The summed E-state index contributed by atoms with van der Waals surface area (Å²) in [6.45, 7) is 2.01. The summed E-state index contributed by atoms with van der Waals surface area (Å²) in [6, 6.07) is 16.2. The van der Waals surface area contributed by atoms with Crippen molar-refractivity contribution in [2.45, 2.75) is 12.6 Å². The molecular weight excluding hydrogens is 415 g/mol. The number of nitrogens with zero attached hydrogens (tertiary/aromatic N) is 2. The molecule has 2 aromatic rings. The molecule has 0 atom stereocenters. The lowest BCUT2D eigenvalue weighted by Crippen LogP contribution is -2.59. The SMILES string of the molecule is CN(C)C1CN(C(=O)c2ccc(I)cc2OCc2ccccc2)C1. The van der Waals surface area contributed by atoms with Crippen LogP contribution in [0.1, 0.15) is 15.9 Å². The average Bonchev–Trinajstić information content (AvgIpc) is 2.52. The Kier molecular flexibility index (Phi) is 5.40. The number of hydrogen-bond acceptors (Lipinski definition) is 3. The fraction of sp³-hybridized carbons (Fsp3) is 0.316. The lowest BCUT2D eigenvalue weighted by molar-refractivity contribution is 0.0395. The summed E-state index contributed by atoms with van der Waals surface area (Å²) in [6.07, 6.45) is 0. The molecule has 126 valence electrons. The number of ether oxygens (including phenoxy) is 1. The summed E-state index contributed by atoms with van der Waals surface area (Å²) in [5, 5.41) is 0. The number of benzene rings is 2. The van der Waals surface area contributed by atoms with E-state index in [9.17, 15) is 4.79 Å². The average molecular weight is 436 g/mol. The number of rotatable bonds is 5. The minimum absolute atomic E-state index is 0.0487. The van der Waals surface area contributed by atoms with E-state index >= 15 is 0 Å². The van der Waals surface area contributed by atoms with Crippen molar-refractivity contribution < 1.29 is 9.53 Å². The maximum Gasteiger partial charge on any atom is 0.257 e. The molecule has 1 saturated heterocycles. The molecule has 0 radical (unpaired) electrons. The Hall–Kier alpha value is -1.60. The highest BCUT2D eigenvalue weighted by molar-refractivity contribution is 14.1. The van der Waals surface area contributed by atoms with E-state index in [0.29, 0.717) is 24.0 Å². The highest BCUT2D eigenvalue weighted by atomic mass is 127. The number of likely N-dealkylation sites (N-methyl/N-ethyl adjacent to an activating group) is 1. The zero-order chi connectivity index (χ0) is 17.1. The van der Waals surface area contributed by atoms with E-state index in [-0.39, 0.29) is 5.91 Å². The molecule has 4 nitrogen and oxygen atoms in total. The Labute approximate surface area is 156 Å². The molecule has 5 heteroatoms. The van der Waals surface area contributed by atoms with Gasteiger partial charge in [-0.2, -0.15) is 0 Å². The van der Waals surface area contributed by atoms with Gasteiger partial charge in [-0.25, -0.2) is 0 Å². The van der Waals surface area contributed by atoms with Crippen molar-refractivity contribution in [2.75, 3.05) is 27.2 Å². The molecule has 24 heavy (non-hydrogen) atoms. The predicted molar refractivity (Wildman–Crippen MR) is 103 cm³/mol. The molecule has 0 bridgehead atoms. The van der Waals surface area contributed by atoms with E-state index in [2.05, 4.69) is 27.5 Å². The third kappa shape index (κ3) is 3.89. The van der Waals surface area contributed by atoms with Gasteiger partial charge in [0.05, 0.1) is 5.56 Å². The monoisotopic (exact) mass is 436 g/mol. The van der Waals surface area contributed by atoms with E-state index in [1.807, 2.05) is 67.5 Å². The molecule has 0 aromatic heterocycles. The molecule has 0 saturated carbocycles. The van der Waals surface area contributed by atoms with E-state index < -0.39 is 0 Å². The summed E-state index contributed by atoms with van der Waals surface area (Å²) in [7, 11) is 4.09. The van der Waals surface area contributed by atoms with Gasteiger partial charge in [-0.05, 0) is 60.4 Å². The normalized spacial score (nSPS) is 14.6. The predicted octanol–water partition coefficient (Wildman–Crippen LogP) is 3.26. The minimum atomic E-state index is 0.0487. The smallest absolute Gasteiger partial charge is 0.257 e. The van der Waals surface area contributed by atoms with Crippen molar-refractivity contribution in [1.29, 1.82) is 0 Å². The van der Waals surface area contributed by atoms with Crippen molar-refractivity contribution in [3.8, 4) is 5.75 Å². The summed E-state index contributed by atoms with van der Waals surface area (Å²) in [5.41, 5.74) is 1.73. The van der Waals surface area contributed by atoms with Crippen LogP contribution in [0.3, 0.4) is 0 Å². The van der Waals surface area contributed by atoms with Crippen LogP contribution in [0, 0.1) is 3.57 Å². The lowest BCUT2D eigenvalue weighted by Gasteiger charge is -2.42. The first-order chi connectivity index (χ1) is 11.5. The number of hydrogen-bond donors (Lipinski definition) is 0. The van der Waals surface area contributed by atoms with Crippen molar-refractivity contribution in [2.24, 2.45) is 0 Å². The molecular formula is C19H21IN2O2. The number of carbonyl (C=O) groups excluding carboxylic acids is 1. The number of likely N-dealkylation sites (tertiary alicyclic amines) is 1. The molecule has 1 amide bonds. The molecule has 1 aliphatic rings. The molecule has 1 aliphatic heterocycles. The van der Waals surface area contributed by atoms with Gasteiger partial charge in [0.2, 0.25) is 0 Å². The van der Waals surface area contributed by atoms with Crippen LogP contribution in [-0.2, 0) is 6.61 Å². The Morgan fingerprint density at radius 3 is 2.58 bits per heavy atom. The van der Waals surface area contributed by atoms with Gasteiger partial charge in [-0.3, -0.25) is 4.79 Å². The van der Waals surface area contributed by atoms with Gasteiger partial charge in [-0.1, -0.05) is 30.3 Å². The maximum atomic E-state index is 12.8. The van der Waals surface area contributed by atoms with Crippen molar-refractivity contribution >= 4 is 28.5 Å². The molecule has 3 rings (SSSR count). The quantitative estimate of drug-likeness (QED) is 0.675. The second-order valence-electron chi connectivity index (χ2n) is 6.24. The molecule has 0 spiro atoms. The number of amides is 1. The molecule has 0 aliphatic carbocycles. The second kappa shape index (κ2) is 7.53. The van der Waals surface area contributed by atoms with Crippen LogP contribution < -0.4 is 4.74 Å². The summed E-state index contributed by atoms with van der Waals surface area (Å²) in [4.78, 5) is 16.8. The van der Waals surface area contributed by atoms with Crippen LogP contribution in [0.2, 0.25) is 0 Å². The van der Waals surface area contributed by atoms with E-state index in [0.717, 1.165) is 22.2 Å². The minimum Gasteiger partial charge on any atom is -0.488 e. The Balaban J connectivity index is 1.72. The van der Waals surface area contributed by atoms with Gasteiger partial charge >= 0.3 is 0 Å². The van der Waals surface area contributed by atoms with E-state index in [4.69, 9.17) is 4.74 Å². The second-order valence-corrected chi connectivity index (χ2v) is 7.49. The third-order valence-corrected chi connectivity index (χ3v) is 4.96. The number of carbonyl (C=O) groups is 1. The first-order valence-corrected chi connectivity index (χ1v) is 9.04. The van der Waals surface area contributed by atoms with Crippen LogP contribution >= 0.6 is 22.6 Å². The molecule has 1 heterocycles. The highest BCUT2D eigenvalue weighted by Crippen LogP contribution is 2.26. The fourth-order valence-corrected chi connectivity index (χ4v) is 3.11. The lowest BCUT2D eigenvalue weighted by atomic mass is 10.1. The van der Waals surface area contributed by atoms with E-state index in [1.165, 1.54) is 0 Å². The topological polar surface area (TPSA) is 32.8 Å². The Morgan fingerprint density at radius 2 is 1.92 bits per heavy atom. The van der Waals surface area contributed by atoms with Crippen molar-refractivity contribution in [3.05, 3.63) is 63.2 Å². The molecule has 0 N–H and O–H groups in total. The Bertz CT molecular complexity index is 713. The summed E-state index contributed by atoms with van der Waals surface area (Å²) >= 11 is 2.24. The Morgan fingerprint density at radius 1 is 1.21 bits per heavy atom. The summed E-state index contributed by atoms with van der Waals surface area (Å²) in [5.74, 6) is 0.705. The third-order valence-electron chi connectivity index (χ3n) is 4.29. The maximum absolute atomic E-state index is 12.8. The molecule has 1 fully saturated rings. The van der Waals surface area contributed by atoms with Crippen molar-refractivity contribution in [3.63, 3.8) is 0 Å². The van der Waals surface area contributed by atoms with Gasteiger partial charge in [0.25, 0.3) is 5.91 Å². The van der Waals surface area contributed by atoms with Crippen molar-refractivity contribution in [1.82, 2.24) is 9.80 Å². The van der Waals surface area contributed by atoms with Gasteiger partial charge in [0.15, 0.2) is 0 Å². The van der Waals surface area contributed by atoms with Gasteiger partial charge in [-0.15, -0.1) is 0 Å². The van der Waals surface area contributed by atoms with Gasteiger partial charge in [0, 0.05) is 22.7 Å². The fourth-order valence-electron chi connectivity index (χ4n) is 2.65. The highest BCUT2D eigenvalue weighted by Gasteiger charge is 2.33.